The number of carbonyl (C=O) groups excluding carboxylic acids is 1. The lowest BCUT2D eigenvalue weighted by Crippen LogP contribution is -2.38. The van der Waals surface area contributed by atoms with Crippen LogP contribution < -0.4 is 0 Å². The Kier molecular flexibility index (Phi) is 3.36. The van der Waals surface area contributed by atoms with E-state index in [0.717, 1.165) is 32.2 Å². The minimum absolute atomic E-state index is 0.189. The zero-order valence-corrected chi connectivity index (χ0v) is 6.70. The average Bonchev–Trinajstić information content (AvgIpc) is 2.06. The molecule has 1 rings (SSSR count). The molecular weight excluding hydrogens is 142 g/mol. The molecule has 0 aromatic carbocycles. The van der Waals surface area contributed by atoms with Crippen LogP contribution in [0.5, 0.6) is 0 Å². The highest BCUT2D eigenvalue weighted by Crippen LogP contribution is 2.17. The Morgan fingerprint density at radius 1 is 1.55 bits per heavy atom. The Morgan fingerprint density at radius 3 is 3.00 bits per heavy atom. The summed E-state index contributed by atoms with van der Waals surface area (Å²) < 4.78 is 0. The van der Waals surface area contributed by atoms with Gasteiger partial charge in [-0.2, -0.15) is 0 Å². The minimum Gasteiger partial charge on any atom is -0.396 e. The Morgan fingerprint density at radius 2 is 2.36 bits per heavy atom. The molecule has 0 saturated carbocycles. The molecule has 0 aromatic rings. The molecule has 1 aliphatic heterocycles. The Hall–Kier alpha value is -0.570. The fourth-order valence-electron chi connectivity index (χ4n) is 1.62. The van der Waals surface area contributed by atoms with Crippen LogP contribution in [0, 0.1) is 0 Å². The standard InChI is InChI=1S/C8H15NO2/c10-6-4-8-3-1-2-5-9(8)7-11/h7-8,10H,1-6H2/t8-/m0/s1. The number of piperidine rings is 1. The van der Waals surface area contributed by atoms with Gasteiger partial charge in [0.1, 0.15) is 0 Å². The van der Waals surface area contributed by atoms with Gasteiger partial charge in [-0.05, 0) is 25.7 Å². The molecule has 1 saturated heterocycles. The van der Waals surface area contributed by atoms with Crippen LogP contribution in [0.2, 0.25) is 0 Å². The van der Waals surface area contributed by atoms with Gasteiger partial charge in [0.2, 0.25) is 6.41 Å². The zero-order chi connectivity index (χ0) is 8.10. The highest BCUT2D eigenvalue weighted by atomic mass is 16.3. The van der Waals surface area contributed by atoms with Gasteiger partial charge in [-0.3, -0.25) is 4.79 Å². The first-order valence-electron chi connectivity index (χ1n) is 4.20. The van der Waals surface area contributed by atoms with Crippen LogP contribution in [0.3, 0.4) is 0 Å². The first-order valence-corrected chi connectivity index (χ1v) is 4.20. The summed E-state index contributed by atoms with van der Waals surface area (Å²) in [6, 6.07) is 0.297. The maximum absolute atomic E-state index is 10.5. The van der Waals surface area contributed by atoms with Crippen molar-refractivity contribution >= 4 is 6.41 Å². The summed E-state index contributed by atoms with van der Waals surface area (Å²) in [5.74, 6) is 0. The summed E-state index contributed by atoms with van der Waals surface area (Å²) in [5.41, 5.74) is 0. The number of rotatable bonds is 3. The first kappa shape index (κ1) is 8.53. The summed E-state index contributed by atoms with van der Waals surface area (Å²) in [6.07, 6.45) is 4.99. The highest BCUT2D eigenvalue weighted by Gasteiger charge is 2.19. The van der Waals surface area contributed by atoms with Crippen molar-refractivity contribution in [3.05, 3.63) is 0 Å². The van der Waals surface area contributed by atoms with Crippen LogP contribution in [0.4, 0.5) is 0 Å². The lowest BCUT2D eigenvalue weighted by Gasteiger charge is -2.32. The van der Waals surface area contributed by atoms with E-state index in [2.05, 4.69) is 0 Å². The molecule has 0 unspecified atom stereocenters. The smallest absolute Gasteiger partial charge is 0.209 e. The maximum atomic E-state index is 10.5. The third-order valence-electron chi connectivity index (χ3n) is 2.27. The van der Waals surface area contributed by atoms with Crippen LogP contribution in [0.25, 0.3) is 0 Å². The van der Waals surface area contributed by atoms with Crippen LogP contribution >= 0.6 is 0 Å². The van der Waals surface area contributed by atoms with Gasteiger partial charge in [0.05, 0.1) is 0 Å². The van der Waals surface area contributed by atoms with Crippen molar-refractivity contribution in [1.82, 2.24) is 4.90 Å². The van der Waals surface area contributed by atoms with E-state index in [4.69, 9.17) is 5.11 Å². The van der Waals surface area contributed by atoms with E-state index in [1.54, 1.807) is 4.90 Å². The van der Waals surface area contributed by atoms with Crippen molar-refractivity contribution in [3.8, 4) is 0 Å². The predicted octanol–water partition coefficient (Wildman–Crippen LogP) is 0.380. The number of amides is 1. The van der Waals surface area contributed by atoms with Crippen LogP contribution in [0.15, 0.2) is 0 Å². The first-order chi connectivity index (χ1) is 5.38. The van der Waals surface area contributed by atoms with Crippen molar-refractivity contribution in [2.24, 2.45) is 0 Å². The lowest BCUT2D eigenvalue weighted by molar-refractivity contribution is -0.121. The van der Waals surface area contributed by atoms with E-state index in [0.29, 0.717) is 6.04 Å². The molecule has 3 nitrogen and oxygen atoms in total. The lowest BCUT2D eigenvalue weighted by atomic mass is 10.0. The van der Waals surface area contributed by atoms with Gasteiger partial charge < -0.3 is 10.0 Å². The van der Waals surface area contributed by atoms with E-state index in [-0.39, 0.29) is 6.61 Å². The van der Waals surface area contributed by atoms with Crippen LogP contribution in [-0.4, -0.2) is 35.6 Å². The molecule has 0 aromatic heterocycles. The molecular formula is C8H15NO2. The average molecular weight is 157 g/mol. The van der Waals surface area contributed by atoms with Crippen molar-refractivity contribution in [3.63, 3.8) is 0 Å². The summed E-state index contributed by atoms with van der Waals surface area (Å²) in [7, 11) is 0. The molecule has 0 spiro atoms. The Balaban J connectivity index is 2.37. The summed E-state index contributed by atoms with van der Waals surface area (Å²) in [5, 5.41) is 8.69. The number of likely N-dealkylation sites (tertiary alicyclic amines) is 1. The molecule has 0 radical (unpaired) electrons. The Labute approximate surface area is 67.0 Å². The van der Waals surface area contributed by atoms with Gasteiger partial charge in [0.25, 0.3) is 0 Å². The van der Waals surface area contributed by atoms with Gasteiger partial charge in [0.15, 0.2) is 0 Å². The third-order valence-corrected chi connectivity index (χ3v) is 2.27. The quantitative estimate of drug-likeness (QED) is 0.602. The second-order valence-electron chi connectivity index (χ2n) is 3.01. The van der Waals surface area contributed by atoms with E-state index >= 15 is 0 Å². The number of aliphatic hydroxyl groups excluding tert-OH is 1. The molecule has 1 aliphatic rings. The zero-order valence-electron chi connectivity index (χ0n) is 6.70. The fraction of sp³-hybridized carbons (Fsp3) is 0.875. The van der Waals surface area contributed by atoms with Crippen molar-refractivity contribution in [2.75, 3.05) is 13.2 Å². The molecule has 1 heterocycles. The van der Waals surface area contributed by atoms with Crippen molar-refractivity contribution < 1.29 is 9.90 Å². The number of carbonyl (C=O) groups is 1. The molecule has 0 bridgehead atoms. The van der Waals surface area contributed by atoms with Gasteiger partial charge in [-0.1, -0.05) is 0 Å². The maximum Gasteiger partial charge on any atom is 0.209 e. The normalized spacial score (nSPS) is 25.2. The number of hydrogen-bond donors (Lipinski definition) is 1. The van der Waals surface area contributed by atoms with Crippen LogP contribution in [0.1, 0.15) is 25.7 Å². The van der Waals surface area contributed by atoms with E-state index in [1.807, 2.05) is 0 Å². The molecule has 1 fully saturated rings. The molecule has 0 aliphatic carbocycles. The third kappa shape index (κ3) is 2.19. The monoisotopic (exact) mass is 157 g/mol. The molecule has 64 valence electrons. The SMILES string of the molecule is O=CN1CCCC[C@H]1CCO. The molecule has 11 heavy (non-hydrogen) atoms. The Bertz CT molecular complexity index is 125. The molecule has 1 amide bonds. The van der Waals surface area contributed by atoms with Crippen LogP contribution in [-0.2, 0) is 4.79 Å². The largest absolute Gasteiger partial charge is 0.396 e. The number of hydrogen-bond acceptors (Lipinski definition) is 2. The second kappa shape index (κ2) is 4.34. The van der Waals surface area contributed by atoms with E-state index < -0.39 is 0 Å². The van der Waals surface area contributed by atoms with Crippen molar-refractivity contribution in [1.29, 1.82) is 0 Å². The van der Waals surface area contributed by atoms with Gasteiger partial charge in [-0.25, -0.2) is 0 Å². The molecule has 1 N–H and O–H groups in total. The summed E-state index contributed by atoms with van der Waals surface area (Å²) in [6.45, 7) is 1.06. The van der Waals surface area contributed by atoms with Gasteiger partial charge >= 0.3 is 0 Å². The van der Waals surface area contributed by atoms with E-state index in [1.165, 1.54) is 6.42 Å². The summed E-state index contributed by atoms with van der Waals surface area (Å²) >= 11 is 0. The number of nitrogens with zero attached hydrogens (tertiary/aromatic N) is 1. The van der Waals surface area contributed by atoms with Gasteiger partial charge in [-0.15, -0.1) is 0 Å². The van der Waals surface area contributed by atoms with E-state index in [9.17, 15) is 4.79 Å². The second-order valence-corrected chi connectivity index (χ2v) is 3.01. The highest BCUT2D eigenvalue weighted by molar-refractivity contribution is 5.47. The fourth-order valence-corrected chi connectivity index (χ4v) is 1.62. The molecule has 3 heteroatoms. The topological polar surface area (TPSA) is 40.5 Å². The van der Waals surface area contributed by atoms with Crippen molar-refractivity contribution in [2.45, 2.75) is 31.7 Å². The molecule has 1 atom stereocenters. The predicted molar refractivity (Wildman–Crippen MR) is 42.1 cm³/mol. The number of aliphatic hydroxyl groups is 1. The minimum atomic E-state index is 0.189. The summed E-state index contributed by atoms with van der Waals surface area (Å²) in [4.78, 5) is 12.3. The van der Waals surface area contributed by atoms with Gasteiger partial charge in [0, 0.05) is 19.2 Å².